The van der Waals surface area contributed by atoms with E-state index in [-0.39, 0.29) is 0 Å². The van der Waals surface area contributed by atoms with Crippen LogP contribution in [0.1, 0.15) is 43.2 Å². The van der Waals surface area contributed by atoms with Gasteiger partial charge in [-0.1, -0.05) is 24.3 Å². The molecule has 1 aliphatic carbocycles. The Hall–Kier alpha value is -2.14. The monoisotopic (exact) mass is 349 g/mol. The van der Waals surface area contributed by atoms with Gasteiger partial charge < -0.3 is 16.0 Å². The Balaban J connectivity index is 1.50. The van der Waals surface area contributed by atoms with Gasteiger partial charge in [0.05, 0.1) is 5.69 Å². The van der Waals surface area contributed by atoms with E-state index in [0.717, 1.165) is 30.8 Å². The number of nitrogens with zero attached hydrogens (tertiary/aromatic N) is 3. The van der Waals surface area contributed by atoms with E-state index >= 15 is 0 Å². The summed E-state index contributed by atoms with van der Waals surface area (Å²) in [5, 5.41) is 3.77. The Morgan fingerprint density at radius 1 is 1.08 bits per heavy atom. The largest absolute Gasteiger partial charge is 0.368 e. The number of aryl methyl sites for hydroxylation is 1. The number of nitrogen functional groups attached to an aromatic ring is 1. The summed E-state index contributed by atoms with van der Waals surface area (Å²) in [5.41, 5.74) is 11.0. The molecule has 3 heterocycles. The first kappa shape index (κ1) is 16.1. The van der Waals surface area contributed by atoms with Crippen LogP contribution in [0.4, 0.5) is 11.8 Å². The number of hydrogen-bond donors (Lipinski definition) is 2. The van der Waals surface area contributed by atoms with Gasteiger partial charge >= 0.3 is 0 Å². The van der Waals surface area contributed by atoms with E-state index in [1.54, 1.807) is 0 Å². The molecule has 3 N–H and O–H groups in total. The molecule has 1 aromatic carbocycles. The van der Waals surface area contributed by atoms with Crippen molar-refractivity contribution in [1.82, 2.24) is 14.9 Å². The van der Waals surface area contributed by atoms with E-state index in [2.05, 4.69) is 51.5 Å². The number of aromatic nitrogens is 2. The third kappa shape index (κ3) is 2.65. The predicted molar refractivity (Wildman–Crippen MR) is 105 cm³/mol. The minimum atomic E-state index is 0.374. The molecule has 136 valence electrons. The van der Waals surface area contributed by atoms with Gasteiger partial charge in [-0.2, -0.15) is 4.98 Å². The summed E-state index contributed by atoms with van der Waals surface area (Å²) in [6, 6.07) is 10.5. The molecule has 0 amide bonds. The van der Waals surface area contributed by atoms with Crippen LogP contribution >= 0.6 is 0 Å². The highest BCUT2D eigenvalue weighted by molar-refractivity contribution is 5.73. The second-order valence-electron chi connectivity index (χ2n) is 8.13. The van der Waals surface area contributed by atoms with E-state index in [1.165, 1.54) is 42.4 Å². The Bertz CT molecular complexity index is 819. The van der Waals surface area contributed by atoms with Crippen LogP contribution in [-0.2, 0) is 12.8 Å². The van der Waals surface area contributed by atoms with Crippen molar-refractivity contribution in [3.63, 3.8) is 0 Å². The first-order valence-corrected chi connectivity index (χ1v) is 9.92. The normalized spacial score (nSPS) is 27.5. The quantitative estimate of drug-likeness (QED) is 0.871. The molecule has 0 spiro atoms. The van der Waals surface area contributed by atoms with Crippen LogP contribution in [0.25, 0.3) is 11.3 Å². The third-order valence-corrected chi connectivity index (χ3v) is 6.61. The Morgan fingerprint density at radius 3 is 2.65 bits per heavy atom. The molecule has 1 aromatic heterocycles. The van der Waals surface area contributed by atoms with Gasteiger partial charge in [-0.3, -0.25) is 0 Å². The zero-order chi connectivity index (χ0) is 17.7. The molecule has 26 heavy (non-hydrogen) atoms. The van der Waals surface area contributed by atoms with E-state index in [1.807, 2.05) is 0 Å². The lowest BCUT2D eigenvalue weighted by atomic mass is 9.97. The van der Waals surface area contributed by atoms with Crippen molar-refractivity contribution in [1.29, 1.82) is 0 Å². The maximum atomic E-state index is 6.11. The molecule has 2 atom stereocenters. The van der Waals surface area contributed by atoms with Crippen molar-refractivity contribution in [2.45, 2.75) is 63.1 Å². The lowest BCUT2D eigenvalue weighted by molar-refractivity contribution is 0.168. The van der Waals surface area contributed by atoms with Crippen molar-refractivity contribution >= 4 is 11.8 Å². The predicted octanol–water partition coefficient (Wildman–Crippen LogP) is 3.25. The van der Waals surface area contributed by atoms with Gasteiger partial charge in [-0.15, -0.1) is 0 Å². The Kier molecular flexibility index (Phi) is 3.85. The second kappa shape index (κ2) is 6.23. The summed E-state index contributed by atoms with van der Waals surface area (Å²) in [6.45, 7) is 0. The highest BCUT2D eigenvalue weighted by Gasteiger charge is 2.38. The van der Waals surface area contributed by atoms with Gasteiger partial charge in [0.1, 0.15) is 5.82 Å². The molecule has 0 unspecified atom stereocenters. The Morgan fingerprint density at radius 2 is 1.85 bits per heavy atom. The van der Waals surface area contributed by atoms with Crippen molar-refractivity contribution in [3.05, 3.63) is 35.4 Å². The number of hydrogen-bond acceptors (Lipinski definition) is 5. The molecule has 2 aromatic rings. The van der Waals surface area contributed by atoms with Crippen LogP contribution < -0.4 is 11.1 Å². The van der Waals surface area contributed by atoms with Crippen molar-refractivity contribution in [2.24, 2.45) is 0 Å². The van der Waals surface area contributed by atoms with Crippen LogP contribution in [0.15, 0.2) is 24.3 Å². The summed E-state index contributed by atoms with van der Waals surface area (Å²) in [7, 11) is 2.28. The summed E-state index contributed by atoms with van der Waals surface area (Å²) in [4.78, 5) is 11.8. The second-order valence-corrected chi connectivity index (χ2v) is 8.13. The highest BCUT2D eigenvalue weighted by Crippen LogP contribution is 2.38. The minimum Gasteiger partial charge on any atom is -0.368 e. The molecule has 2 fully saturated rings. The number of rotatable bonds is 2. The number of nitrogens with two attached hydrogens (primary N) is 1. The highest BCUT2D eigenvalue weighted by atomic mass is 15.2. The van der Waals surface area contributed by atoms with Crippen molar-refractivity contribution < 1.29 is 0 Å². The van der Waals surface area contributed by atoms with Gasteiger partial charge in [-0.05, 0) is 57.6 Å². The molecule has 3 aliphatic rings. The van der Waals surface area contributed by atoms with Gasteiger partial charge in [0.2, 0.25) is 5.95 Å². The van der Waals surface area contributed by atoms with Crippen LogP contribution in [0, 0.1) is 0 Å². The van der Waals surface area contributed by atoms with E-state index in [0.29, 0.717) is 24.1 Å². The number of nitrogens with one attached hydrogen (secondary N) is 1. The molecule has 2 aliphatic heterocycles. The van der Waals surface area contributed by atoms with E-state index < -0.39 is 0 Å². The fourth-order valence-electron chi connectivity index (χ4n) is 5.23. The molecular weight excluding hydrogens is 322 g/mol. The van der Waals surface area contributed by atoms with Crippen molar-refractivity contribution in [3.8, 4) is 11.3 Å². The fraction of sp³-hybridized carbons (Fsp3) is 0.524. The van der Waals surface area contributed by atoms with Crippen LogP contribution in [0.2, 0.25) is 0 Å². The first-order chi connectivity index (χ1) is 12.7. The Labute approximate surface area is 155 Å². The lowest BCUT2D eigenvalue weighted by Crippen LogP contribution is -2.44. The molecule has 0 radical (unpaired) electrons. The summed E-state index contributed by atoms with van der Waals surface area (Å²) in [5.74, 6) is 1.34. The van der Waals surface area contributed by atoms with E-state index in [9.17, 15) is 0 Å². The van der Waals surface area contributed by atoms with Gasteiger partial charge in [0.15, 0.2) is 0 Å². The SMILES string of the molecule is CN1[C@@H]2CC[C@@H]1CC(Nc1nc(N)nc3c1CCCc1ccccc1-3)C2. The first-order valence-electron chi connectivity index (χ1n) is 9.92. The van der Waals surface area contributed by atoms with Crippen LogP contribution in [0.5, 0.6) is 0 Å². The van der Waals surface area contributed by atoms with E-state index in [4.69, 9.17) is 5.73 Å². The zero-order valence-electron chi connectivity index (χ0n) is 15.4. The molecule has 5 rings (SSSR count). The average Bonchev–Trinajstić information content (AvgIpc) is 2.82. The zero-order valence-corrected chi connectivity index (χ0v) is 15.4. The minimum absolute atomic E-state index is 0.374. The average molecular weight is 349 g/mol. The van der Waals surface area contributed by atoms with Gasteiger partial charge in [-0.25, -0.2) is 4.98 Å². The molecule has 2 saturated heterocycles. The number of piperidine rings is 1. The van der Waals surface area contributed by atoms with Gasteiger partial charge in [0.25, 0.3) is 0 Å². The lowest BCUT2D eigenvalue weighted by Gasteiger charge is -2.37. The summed E-state index contributed by atoms with van der Waals surface area (Å²) < 4.78 is 0. The molecule has 0 saturated carbocycles. The van der Waals surface area contributed by atoms with Gasteiger partial charge in [0, 0.05) is 29.3 Å². The summed E-state index contributed by atoms with van der Waals surface area (Å²) >= 11 is 0. The van der Waals surface area contributed by atoms with Crippen LogP contribution in [-0.4, -0.2) is 40.0 Å². The maximum absolute atomic E-state index is 6.11. The standard InChI is InChI=1S/C21H27N5/c1-26-15-9-10-16(26)12-14(11-15)23-20-18-8-4-6-13-5-2-3-7-17(13)19(18)24-21(22)25-20/h2-3,5,7,14-16H,4,6,8-12H2,1H3,(H3,22,23,24,25)/t15-,16-/m1/s1. The number of fused-ring (bicyclic) bond motifs is 5. The number of anilines is 2. The number of benzene rings is 1. The van der Waals surface area contributed by atoms with Crippen molar-refractivity contribution in [2.75, 3.05) is 18.1 Å². The maximum Gasteiger partial charge on any atom is 0.222 e. The summed E-state index contributed by atoms with van der Waals surface area (Å²) in [6.07, 6.45) is 8.28. The molecule has 2 bridgehead atoms. The third-order valence-electron chi connectivity index (χ3n) is 6.61. The fourth-order valence-corrected chi connectivity index (χ4v) is 5.23. The molecule has 5 nitrogen and oxygen atoms in total. The molecular formula is C21H27N5. The van der Waals surface area contributed by atoms with Crippen LogP contribution in [0.3, 0.4) is 0 Å². The molecule has 5 heteroatoms. The topological polar surface area (TPSA) is 67.1 Å². The smallest absolute Gasteiger partial charge is 0.222 e.